The van der Waals surface area contributed by atoms with E-state index in [4.69, 9.17) is 9.47 Å². The largest absolute Gasteiger partial charge is 0.494 e. The molecule has 1 amide bonds. The van der Waals surface area contributed by atoms with Gasteiger partial charge in [-0.25, -0.2) is 0 Å². The zero-order valence-corrected chi connectivity index (χ0v) is 16.3. The van der Waals surface area contributed by atoms with Crippen LogP contribution in [0.15, 0.2) is 48.5 Å². The zero-order valence-electron chi connectivity index (χ0n) is 16.3. The van der Waals surface area contributed by atoms with E-state index in [1.54, 1.807) is 0 Å². The molecule has 2 aromatic rings. The summed E-state index contributed by atoms with van der Waals surface area (Å²) in [6, 6.07) is 15.1. The second kappa shape index (κ2) is 11.8. The van der Waals surface area contributed by atoms with Crippen molar-refractivity contribution in [3.05, 3.63) is 48.5 Å². The van der Waals surface area contributed by atoms with Crippen LogP contribution in [0.5, 0.6) is 11.5 Å². The summed E-state index contributed by atoms with van der Waals surface area (Å²) < 4.78 is 11.5. The van der Waals surface area contributed by atoms with Crippen molar-refractivity contribution in [3.63, 3.8) is 0 Å². The fourth-order valence-corrected chi connectivity index (χ4v) is 2.44. The Labute approximate surface area is 162 Å². The van der Waals surface area contributed by atoms with Crippen molar-refractivity contribution in [1.29, 1.82) is 0 Å². The number of amides is 1. The first-order valence-corrected chi connectivity index (χ1v) is 9.71. The summed E-state index contributed by atoms with van der Waals surface area (Å²) in [6.45, 7) is 5.77. The van der Waals surface area contributed by atoms with Crippen molar-refractivity contribution < 1.29 is 14.3 Å². The molecule has 0 aliphatic heterocycles. The van der Waals surface area contributed by atoms with Crippen molar-refractivity contribution in [2.75, 3.05) is 30.4 Å². The molecule has 146 valence electrons. The predicted molar refractivity (Wildman–Crippen MR) is 111 cm³/mol. The third-order valence-electron chi connectivity index (χ3n) is 3.97. The zero-order chi connectivity index (χ0) is 19.3. The molecule has 27 heavy (non-hydrogen) atoms. The number of hydrogen-bond acceptors (Lipinski definition) is 4. The van der Waals surface area contributed by atoms with Crippen molar-refractivity contribution >= 4 is 17.3 Å². The van der Waals surface area contributed by atoms with Crippen molar-refractivity contribution in [2.45, 2.75) is 39.5 Å². The van der Waals surface area contributed by atoms with Crippen LogP contribution in [-0.4, -0.2) is 25.7 Å². The maximum Gasteiger partial charge on any atom is 0.243 e. The molecule has 0 bridgehead atoms. The van der Waals surface area contributed by atoms with Gasteiger partial charge in [0.1, 0.15) is 11.5 Å². The van der Waals surface area contributed by atoms with Crippen LogP contribution in [0.1, 0.15) is 39.5 Å². The Hall–Kier alpha value is -2.69. The SMILES string of the molecule is CCCCOc1cccc(NC(=O)CNc2ccccc2OCCCC)c1. The molecule has 0 fully saturated rings. The molecule has 5 heteroatoms. The van der Waals surface area contributed by atoms with Gasteiger partial charge in [0.2, 0.25) is 5.91 Å². The number of carbonyl (C=O) groups is 1. The number of carbonyl (C=O) groups excluding carboxylic acids is 1. The molecule has 2 N–H and O–H groups in total. The number of anilines is 2. The number of rotatable bonds is 12. The number of ether oxygens (including phenoxy) is 2. The lowest BCUT2D eigenvalue weighted by molar-refractivity contribution is -0.114. The first kappa shape index (κ1) is 20.6. The van der Waals surface area contributed by atoms with Crippen LogP contribution < -0.4 is 20.1 Å². The van der Waals surface area contributed by atoms with Gasteiger partial charge in [-0.1, -0.05) is 44.9 Å². The van der Waals surface area contributed by atoms with Crippen LogP contribution in [0.25, 0.3) is 0 Å². The van der Waals surface area contributed by atoms with Crippen molar-refractivity contribution in [3.8, 4) is 11.5 Å². The Morgan fingerprint density at radius 3 is 2.44 bits per heavy atom. The third kappa shape index (κ3) is 7.60. The normalized spacial score (nSPS) is 10.3. The van der Waals surface area contributed by atoms with Gasteiger partial charge in [-0.2, -0.15) is 0 Å². The van der Waals surface area contributed by atoms with E-state index in [-0.39, 0.29) is 12.5 Å². The minimum absolute atomic E-state index is 0.121. The van der Waals surface area contributed by atoms with Gasteiger partial charge >= 0.3 is 0 Å². The average Bonchev–Trinajstić information content (AvgIpc) is 2.68. The fraction of sp³-hybridized carbons (Fsp3) is 0.409. The lowest BCUT2D eigenvalue weighted by atomic mass is 10.2. The van der Waals surface area contributed by atoms with Crippen LogP contribution in [0.3, 0.4) is 0 Å². The molecule has 0 spiro atoms. The summed E-state index contributed by atoms with van der Waals surface area (Å²) in [7, 11) is 0. The first-order chi connectivity index (χ1) is 13.2. The summed E-state index contributed by atoms with van der Waals surface area (Å²) in [5, 5.41) is 6.04. The average molecular weight is 370 g/mol. The van der Waals surface area contributed by atoms with Gasteiger partial charge in [-0.3, -0.25) is 4.79 Å². The Balaban J connectivity index is 1.85. The van der Waals surface area contributed by atoms with E-state index in [1.807, 2.05) is 48.5 Å². The molecule has 0 atom stereocenters. The van der Waals surface area contributed by atoms with E-state index < -0.39 is 0 Å². The molecule has 5 nitrogen and oxygen atoms in total. The smallest absolute Gasteiger partial charge is 0.243 e. The quantitative estimate of drug-likeness (QED) is 0.511. The highest BCUT2D eigenvalue weighted by molar-refractivity contribution is 5.94. The van der Waals surface area contributed by atoms with Gasteiger partial charge in [0.05, 0.1) is 25.4 Å². The molecular formula is C22H30N2O3. The highest BCUT2D eigenvalue weighted by Gasteiger charge is 2.07. The van der Waals surface area contributed by atoms with Crippen LogP contribution in [0.2, 0.25) is 0 Å². The minimum Gasteiger partial charge on any atom is -0.494 e. The number of nitrogens with one attached hydrogen (secondary N) is 2. The summed E-state index contributed by atoms with van der Waals surface area (Å²) in [5.41, 5.74) is 1.55. The van der Waals surface area contributed by atoms with Crippen LogP contribution >= 0.6 is 0 Å². The number of para-hydroxylation sites is 2. The summed E-state index contributed by atoms with van der Waals surface area (Å²) in [5.74, 6) is 1.41. The summed E-state index contributed by atoms with van der Waals surface area (Å²) >= 11 is 0. The lowest BCUT2D eigenvalue weighted by Crippen LogP contribution is -2.22. The van der Waals surface area contributed by atoms with E-state index in [0.717, 1.165) is 48.6 Å². The monoisotopic (exact) mass is 370 g/mol. The Kier molecular flexibility index (Phi) is 9.04. The number of hydrogen-bond donors (Lipinski definition) is 2. The standard InChI is InChI=1S/C22H30N2O3/c1-3-5-14-26-19-11-9-10-18(16-19)24-22(25)17-23-20-12-7-8-13-21(20)27-15-6-4-2/h7-13,16,23H,3-6,14-15,17H2,1-2H3,(H,24,25). The van der Waals surface area contributed by atoms with Gasteiger partial charge < -0.3 is 20.1 Å². The molecule has 0 aliphatic carbocycles. The number of benzene rings is 2. The van der Waals surface area contributed by atoms with E-state index in [2.05, 4.69) is 24.5 Å². The van der Waals surface area contributed by atoms with Crippen molar-refractivity contribution in [2.24, 2.45) is 0 Å². The van der Waals surface area contributed by atoms with Crippen LogP contribution in [-0.2, 0) is 4.79 Å². The molecule has 0 aliphatic rings. The Morgan fingerprint density at radius 2 is 1.67 bits per heavy atom. The van der Waals surface area contributed by atoms with Gasteiger partial charge in [0, 0.05) is 11.8 Å². The first-order valence-electron chi connectivity index (χ1n) is 9.71. The van der Waals surface area contributed by atoms with Gasteiger partial charge in [-0.15, -0.1) is 0 Å². The van der Waals surface area contributed by atoms with E-state index >= 15 is 0 Å². The lowest BCUT2D eigenvalue weighted by Gasteiger charge is -2.13. The van der Waals surface area contributed by atoms with Crippen molar-refractivity contribution in [1.82, 2.24) is 0 Å². The highest BCUT2D eigenvalue weighted by Crippen LogP contribution is 2.24. The van der Waals surface area contributed by atoms with Crippen LogP contribution in [0, 0.1) is 0 Å². The topological polar surface area (TPSA) is 59.6 Å². The Bertz CT molecular complexity index is 703. The molecule has 0 heterocycles. The summed E-state index contributed by atoms with van der Waals surface area (Å²) in [6.07, 6.45) is 4.19. The molecule has 0 saturated heterocycles. The maximum atomic E-state index is 12.3. The minimum atomic E-state index is -0.121. The maximum absolute atomic E-state index is 12.3. The third-order valence-corrected chi connectivity index (χ3v) is 3.97. The van der Waals surface area contributed by atoms with E-state index in [9.17, 15) is 4.79 Å². The highest BCUT2D eigenvalue weighted by atomic mass is 16.5. The molecule has 0 saturated carbocycles. The second-order valence-electron chi connectivity index (χ2n) is 6.33. The predicted octanol–water partition coefficient (Wildman–Crippen LogP) is 5.10. The van der Waals surface area contributed by atoms with Gasteiger partial charge in [-0.05, 0) is 37.1 Å². The molecular weight excluding hydrogens is 340 g/mol. The molecule has 0 radical (unpaired) electrons. The second-order valence-corrected chi connectivity index (χ2v) is 6.33. The molecule has 0 unspecified atom stereocenters. The molecule has 2 aromatic carbocycles. The van der Waals surface area contributed by atoms with Crippen LogP contribution in [0.4, 0.5) is 11.4 Å². The van der Waals surface area contributed by atoms with Gasteiger partial charge in [0.15, 0.2) is 0 Å². The molecule has 2 rings (SSSR count). The van der Waals surface area contributed by atoms with Gasteiger partial charge in [0.25, 0.3) is 0 Å². The summed E-state index contributed by atoms with van der Waals surface area (Å²) in [4.78, 5) is 12.3. The number of unbranched alkanes of at least 4 members (excludes halogenated alkanes) is 2. The van der Waals surface area contributed by atoms with E-state index in [0.29, 0.717) is 13.2 Å². The Morgan fingerprint density at radius 1 is 0.926 bits per heavy atom. The fourth-order valence-electron chi connectivity index (χ4n) is 2.44. The van der Waals surface area contributed by atoms with E-state index in [1.165, 1.54) is 0 Å². The molecule has 0 aromatic heterocycles.